The number of nitrogens with one attached hydrogen (secondary N) is 4. The number of aromatic carboxylic acids is 2. The topological polar surface area (TPSA) is 225 Å². The highest BCUT2D eigenvalue weighted by Gasteiger charge is 2.19. The van der Waals surface area contributed by atoms with Crippen molar-refractivity contribution < 1.29 is 46.2 Å². The van der Waals surface area contributed by atoms with Gasteiger partial charge in [-0.15, -0.1) is 0 Å². The lowest BCUT2D eigenvalue weighted by atomic mass is 10.2. The molecule has 0 aromatic heterocycles. The normalized spacial score (nSPS) is 10.8. The molecule has 14 nitrogen and oxygen atoms in total. The third-order valence-corrected chi connectivity index (χ3v) is 8.54. The highest BCUT2D eigenvalue weighted by atomic mass is 32.2. The zero-order valence-corrected chi connectivity index (χ0v) is 25.8. The van der Waals surface area contributed by atoms with Crippen molar-refractivity contribution >= 4 is 66.5 Å². The number of sulfonamides is 2. The van der Waals surface area contributed by atoms with Gasteiger partial charge in [0.15, 0.2) is 0 Å². The molecular formula is C30H28N4O10S2. The minimum absolute atomic E-state index is 0.0223. The second-order valence-electron chi connectivity index (χ2n) is 9.32. The van der Waals surface area contributed by atoms with Crippen LogP contribution < -0.4 is 20.1 Å². The van der Waals surface area contributed by atoms with E-state index in [1.54, 1.807) is 0 Å². The molecule has 46 heavy (non-hydrogen) atoms. The van der Waals surface area contributed by atoms with Gasteiger partial charge in [-0.25, -0.2) is 26.4 Å². The fourth-order valence-corrected chi connectivity index (χ4v) is 5.93. The smallest absolute Gasteiger partial charge is 0.337 e. The van der Waals surface area contributed by atoms with Crippen LogP contribution in [0.4, 0.5) is 22.7 Å². The van der Waals surface area contributed by atoms with Crippen LogP contribution in [0.5, 0.6) is 0 Å². The summed E-state index contributed by atoms with van der Waals surface area (Å²) in [6.45, 7) is 2.68. The molecule has 4 aromatic rings. The number of hydrogen-bond acceptors (Lipinski definition) is 8. The number of anilines is 4. The standard InChI is InChI=1S/2C15H14N2O5S/c2*1-10(18)16-11-6-8-12(9-7-11)23(21,22)17-14-5-3-2-4-13(14)15(19)20/h2*2-9,17H,1H3,(H,16,18)(H,19,20). The van der Waals surface area contributed by atoms with Crippen LogP contribution in [-0.4, -0.2) is 50.8 Å². The molecule has 6 N–H and O–H groups in total. The van der Waals surface area contributed by atoms with Crippen LogP contribution in [0.15, 0.2) is 107 Å². The summed E-state index contributed by atoms with van der Waals surface area (Å²) in [5, 5.41) is 23.2. The molecule has 16 heteroatoms. The molecule has 240 valence electrons. The number of para-hydroxylation sites is 2. The van der Waals surface area contributed by atoms with Gasteiger partial charge in [0.1, 0.15) is 0 Å². The Hall–Kier alpha value is -5.74. The van der Waals surface area contributed by atoms with Crippen LogP contribution in [0, 0.1) is 0 Å². The summed E-state index contributed by atoms with van der Waals surface area (Å²) < 4.78 is 53.8. The Labute approximate surface area is 264 Å². The van der Waals surface area contributed by atoms with E-state index in [0.717, 1.165) is 0 Å². The second kappa shape index (κ2) is 14.8. The monoisotopic (exact) mass is 668 g/mol. The van der Waals surface area contributed by atoms with Gasteiger partial charge >= 0.3 is 11.9 Å². The van der Waals surface area contributed by atoms with E-state index in [2.05, 4.69) is 20.1 Å². The lowest BCUT2D eigenvalue weighted by Gasteiger charge is -2.11. The van der Waals surface area contributed by atoms with Crippen molar-refractivity contribution in [1.82, 2.24) is 0 Å². The largest absolute Gasteiger partial charge is 0.478 e. The zero-order valence-electron chi connectivity index (χ0n) is 24.2. The average molecular weight is 669 g/mol. The van der Waals surface area contributed by atoms with Gasteiger partial charge in [0.05, 0.1) is 32.3 Å². The lowest BCUT2D eigenvalue weighted by molar-refractivity contribution is -0.115. The summed E-state index contributed by atoms with van der Waals surface area (Å²) in [4.78, 5) is 44.0. The number of carboxylic acid groups (broad SMARTS) is 2. The molecule has 0 bridgehead atoms. The van der Waals surface area contributed by atoms with Crippen molar-refractivity contribution in [2.75, 3.05) is 20.1 Å². The molecule has 0 aliphatic heterocycles. The quantitative estimate of drug-likeness (QED) is 0.141. The summed E-state index contributed by atoms with van der Waals surface area (Å²) in [6.07, 6.45) is 0. The Morgan fingerprint density at radius 2 is 0.804 bits per heavy atom. The van der Waals surface area contributed by atoms with Crippen LogP contribution in [0.25, 0.3) is 0 Å². The van der Waals surface area contributed by atoms with Crippen molar-refractivity contribution in [3.8, 4) is 0 Å². The molecule has 4 aromatic carbocycles. The predicted octanol–water partition coefficient (Wildman–Crippen LogP) is 4.29. The SMILES string of the molecule is CC(=O)Nc1ccc(S(=O)(=O)Nc2ccccc2C(=O)O)cc1.CC(=O)Nc1ccc(S(=O)(=O)Nc2ccccc2C(=O)O)cc1. The second-order valence-corrected chi connectivity index (χ2v) is 12.7. The van der Waals surface area contributed by atoms with Crippen LogP contribution in [-0.2, 0) is 29.6 Å². The maximum Gasteiger partial charge on any atom is 0.337 e. The number of benzene rings is 4. The Morgan fingerprint density at radius 1 is 0.500 bits per heavy atom. The highest BCUT2D eigenvalue weighted by molar-refractivity contribution is 7.93. The Kier molecular flexibility index (Phi) is 11.2. The van der Waals surface area contributed by atoms with Crippen LogP contribution in [0.3, 0.4) is 0 Å². The number of hydrogen-bond donors (Lipinski definition) is 6. The van der Waals surface area contributed by atoms with Gasteiger partial charge in [0, 0.05) is 25.2 Å². The minimum Gasteiger partial charge on any atom is -0.478 e. The van der Waals surface area contributed by atoms with E-state index in [4.69, 9.17) is 10.2 Å². The number of amides is 2. The first kappa shape index (κ1) is 34.7. The van der Waals surface area contributed by atoms with Crippen molar-refractivity contribution in [3.63, 3.8) is 0 Å². The van der Waals surface area contributed by atoms with Crippen LogP contribution in [0.2, 0.25) is 0 Å². The third kappa shape index (κ3) is 9.63. The maximum atomic E-state index is 12.3. The van der Waals surface area contributed by atoms with E-state index in [1.807, 2.05) is 0 Å². The molecule has 0 saturated heterocycles. The van der Waals surface area contributed by atoms with Gasteiger partial charge in [-0.05, 0) is 72.8 Å². The van der Waals surface area contributed by atoms with E-state index in [9.17, 15) is 36.0 Å². The van der Waals surface area contributed by atoms with Gasteiger partial charge < -0.3 is 20.8 Å². The number of carboxylic acids is 2. The van der Waals surface area contributed by atoms with E-state index >= 15 is 0 Å². The minimum atomic E-state index is -3.94. The molecule has 0 atom stereocenters. The number of rotatable bonds is 10. The molecular weight excluding hydrogens is 640 g/mol. The van der Waals surface area contributed by atoms with Crippen LogP contribution in [0.1, 0.15) is 34.6 Å². The highest BCUT2D eigenvalue weighted by Crippen LogP contribution is 2.23. The Morgan fingerprint density at radius 3 is 1.09 bits per heavy atom. The fraction of sp³-hybridized carbons (Fsp3) is 0.0667. The molecule has 0 radical (unpaired) electrons. The zero-order chi connectivity index (χ0) is 34.1. The van der Waals surface area contributed by atoms with Crippen molar-refractivity contribution in [2.45, 2.75) is 23.6 Å². The molecule has 0 fully saturated rings. The van der Waals surface area contributed by atoms with Gasteiger partial charge in [-0.3, -0.25) is 19.0 Å². The molecule has 4 rings (SSSR count). The first-order chi connectivity index (χ1) is 21.6. The van der Waals surface area contributed by atoms with Crippen molar-refractivity contribution in [2.24, 2.45) is 0 Å². The number of carbonyl (C=O) groups excluding carboxylic acids is 2. The lowest BCUT2D eigenvalue weighted by Crippen LogP contribution is -2.15. The van der Waals surface area contributed by atoms with Crippen molar-refractivity contribution in [1.29, 1.82) is 0 Å². The Balaban J connectivity index is 0.000000250. The summed E-state index contributed by atoms with van der Waals surface area (Å²) in [5.41, 5.74) is 0.582. The van der Waals surface area contributed by atoms with E-state index in [1.165, 1.54) is 111 Å². The number of carbonyl (C=O) groups is 4. The first-order valence-electron chi connectivity index (χ1n) is 13.0. The van der Waals surface area contributed by atoms with Gasteiger partial charge in [0.2, 0.25) is 11.8 Å². The van der Waals surface area contributed by atoms with Gasteiger partial charge in [-0.1, -0.05) is 24.3 Å². The molecule has 0 aliphatic carbocycles. The van der Waals surface area contributed by atoms with E-state index in [0.29, 0.717) is 11.4 Å². The fourth-order valence-electron chi connectivity index (χ4n) is 3.77. The van der Waals surface area contributed by atoms with Gasteiger partial charge in [-0.2, -0.15) is 0 Å². The first-order valence-corrected chi connectivity index (χ1v) is 16.0. The van der Waals surface area contributed by atoms with Gasteiger partial charge in [0.25, 0.3) is 20.0 Å². The molecule has 0 saturated carbocycles. The molecule has 0 heterocycles. The van der Waals surface area contributed by atoms with E-state index in [-0.39, 0.29) is 44.1 Å². The maximum absolute atomic E-state index is 12.3. The van der Waals surface area contributed by atoms with Crippen molar-refractivity contribution in [3.05, 3.63) is 108 Å². The molecule has 0 spiro atoms. The molecule has 0 aliphatic rings. The summed E-state index contributed by atoms with van der Waals surface area (Å²) in [6, 6.07) is 22.5. The predicted molar refractivity (Wildman–Crippen MR) is 170 cm³/mol. The molecule has 2 amide bonds. The average Bonchev–Trinajstić information content (AvgIpc) is 2.97. The summed E-state index contributed by atoms with van der Waals surface area (Å²) in [5.74, 6) is -3.00. The summed E-state index contributed by atoms with van der Waals surface area (Å²) in [7, 11) is -7.88. The molecule has 0 unspecified atom stereocenters. The van der Waals surface area contributed by atoms with Crippen LogP contribution >= 0.6 is 0 Å². The third-order valence-electron chi connectivity index (χ3n) is 5.77. The Bertz CT molecular complexity index is 1830. The van der Waals surface area contributed by atoms with E-state index < -0.39 is 32.0 Å². The summed E-state index contributed by atoms with van der Waals surface area (Å²) >= 11 is 0.